The number of aliphatic hydroxyl groups is 2. The van der Waals surface area contributed by atoms with Crippen molar-refractivity contribution in [2.75, 3.05) is 6.61 Å². The Hall–Kier alpha value is -0.0800. The minimum absolute atomic E-state index is 0.0697. The Morgan fingerprint density at radius 1 is 1.29 bits per heavy atom. The molecule has 1 aliphatic carbocycles. The van der Waals surface area contributed by atoms with E-state index in [2.05, 4.69) is 6.92 Å². The molecule has 1 aliphatic rings. The van der Waals surface area contributed by atoms with E-state index in [0.717, 1.165) is 31.6 Å². The third-order valence-corrected chi connectivity index (χ3v) is 4.16. The molecule has 0 saturated heterocycles. The maximum absolute atomic E-state index is 10.5. The van der Waals surface area contributed by atoms with Gasteiger partial charge >= 0.3 is 0 Å². The molecule has 0 unspecified atom stereocenters. The first-order valence-corrected chi connectivity index (χ1v) is 5.78. The molecule has 0 aromatic rings. The summed E-state index contributed by atoms with van der Waals surface area (Å²) in [6.45, 7) is 6.20. The Kier molecular flexibility index (Phi) is 3.59. The number of aliphatic hydroxyl groups excluding tert-OH is 1. The first kappa shape index (κ1) is 12.0. The molecule has 84 valence electrons. The largest absolute Gasteiger partial charge is 0.396 e. The first-order valence-electron chi connectivity index (χ1n) is 5.78. The summed E-state index contributed by atoms with van der Waals surface area (Å²) in [7, 11) is 0. The molecule has 1 rings (SSSR count). The van der Waals surface area contributed by atoms with E-state index in [1.807, 2.05) is 13.8 Å². The van der Waals surface area contributed by atoms with E-state index < -0.39 is 5.60 Å². The van der Waals surface area contributed by atoms with E-state index in [1.54, 1.807) is 0 Å². The normalized spacial score (nSPS) is 34.5. The number of rotatable bonds is 3. The van der Waals surface area contributed by atoms with Crippen LogP contribution in [0.5, 0.6) is 0 Å². The molecule has 0 aromatic carbocycles. The van der Waals surface area contributed by atoms with Gasteiger partial charge in [-0.25, -0.2) is 0 Å². The van der Waals surface area contributed by atoms with Crippen LogP contribution in [0.2, 0.25) is 0 Å². The van der Waals surface area contributed by atoms with Gasteiger partial charge in [0.05, 0.1) is 12.2 Å². The molecule has 1 fully saturated rings. The van der Waals surface area contributed by atoms with Gasteiger partial charge in [-0.1, -0.05) is 27.2 Å². The zero-order valence-corrected chi connectivity index (χ0v) is 9.71. The van der Waals surface area contributed by atoms with Crippen molar-refractivity contribution < 1.29 is 10.2 Å². The highest BCUT2D eigenvalue weighted by Gasteiger charge is 2.44. The minimum atomic E-state index is -0.645. The van der Waals surface area contributed by atoms with Gasteiger partial charge in [0.15, 0.2) is 0 Å². The summed E-state index contributed by atoms with van der Waals surface area (Å²) in [5.74, 6) is 0.782. The zero-order valence-electron chi connectivity index (χ0n) is 9.71. The molecule has 2 nitrogen and oxygen atoms in total. The van der Waals surface area contributed by atoms with Gasteiger partial charge in [0.2, 0.25) is 0 Å². The summed E-state index contributed by atoms with van der Waals surface area (Å²) < 4.78 is 0. The fourth-order valence-corrected chi connectivity index (χ4v) is 2.39. The van der Waals surface area contributed by atoms with Gasteiger partial charge in [0.25, 0.3) is 0 Å². The van der Waals surface area contributed by atoms with Gasteiger partial charge in [0.1, 0.15) is 0 Å². The fourth-order valence-electron chi connectivity index (χ4n) is 2.39. The third-order valence-electron chi connectivity index (χ3n) is 4.16. The highest BCUT2D eigenvalue weighted by atomic mass is 16.3. The average molecular weight is 200 g/mol. The number of hydrogen-bond donors (Lipinski definition) is 2. The summed E-state index contributed by atoms with van der Waals surface area (Å²) in [5, 5.41) is 19.7. The van der Waals surface area contributed by atoms with Crippen molar-refractivity contribution >= 4 is 0 Å². The third kappa shape index (κ3) is 2.12. The summed E-state index contributed by atoms with van der Waals surface area (Å²) in [6.07, 6.45) is 5.13. The Labute approximate surface area is 87.3 Å². The van der Waals surface area contributed by atoms with Crippen LogP contribution in [0, 0.1) is 11.3 Å². The fraction of sp³-hybridized carbons (Fsp3) is 1.00. The monoisotopic (exact) mass is 200 g/mol. The Bertz CT molecular complexity index is 179. The van der Waals surface area contributed by atoms with Crippen molar-refractivity contribution in [3.8, 4) is 0 Å². The van der Waals surface area contributed by atoms with Crippen LogP contribution in [0.15, 0.2) is 0 Å². The maximum atomic E-state index is 10.5. The Morgan fingerprint density at radius 2 is 1.79 bits per heavy atom. The highest BCUT2D eigenvalue weighted by molar-refractivity contribution is 4.96. The van der Waals surface area contributed by atoms with Crippen LogP contribution in [-0.4, -0.2) is 22.4 Å². The second-order valence-electron chi connectivity index (χ2n) is 5.43. The Morgan fingerprint density at radius 3 is 2.14 bits per heavy atom. The van der Waals surface area contributed by atoms with Crippen LogP contribution in [0.3, 0.4) is 0 Å². The quantitative estimate of drug-likeness (QED) is 0.734. The van der Waals surface area contributed by atoms with Gasteiger partial charge in [0, 0.05) is 5.41 Å². The molecule has 2 N–H and O–H groups in total. The molecule has 0 aromatic heterocycles. The van der Waals surface area contributed by atoms with Gasteiger partial charge < -0.3 is 10.2 Å². The van der Waals surface area contributed by atoms with Crippen molar-refractivity contribution in [3.63, 3.8) is 0 Å². The van der Waals surface area contributed by atoms with Crippen LogP contribution in [0.25, 0.3) is 0 Å². The van der Waals surface area contributed by atoms with Gasteiger partial charge in [-0.2, -0.15) is 0 Å². The van der Waals surface area contributed by atoms with Crippen LogP contribution in [0.4, 0.5) is 0 Å². The summed E-state index contributed by atoms with van der Waals surface area (Å²) >= 11 is 0. The molecule has 2 heteroatoms. The predicted octanol–water partition coefficient (Wildman–Crippen LogP) is 2.34. The number of hydrogen-bond acceptors (Lipinski definition) is 2. The molecule has 0 heterocycles. The molecule has 0 spiro atoms. The van der Waals surface area contributed by atoms with Crippen LogP contribution >= 0.6 is 0 Å². The van der Waals surface area contributed by atoms with Gasteiger partial charge in [-0.3, -0.25) is 0 Å². The zero-order chi connectivity index (χ0) is 10.8. The second-order valence-corrected chi connectivity index (χ2v) is 5.43. The molecule has 0 amide bonds. The average Bonchev–Trinajstić information content (AvgIpc) is 2.19. The lowest BCUT2D eigenvalue weighted by Gasteiger charge is -2.46. The van der Waals surface area contributed by atoms with Crippen molar-refractivity contribution in [1.29, 1.82) is 0 Å². The predicted molar refractivity (Wildman–Crippen MR) is 58.1 cm³/mol. The minimum Gasteiger partial charge on any atom is -0.396 e. The molecule has 0 aliphatic heterocycles. The maximum Gasteiger partial charge on any atom is 0.0720 e. The van der Waals surface area contributed by atoms with E-state index in [9.17, 15) is 10.2 Å². The lowest BCUT2D eigenvalue weighted by atomic mass is 9.65. The molecular weight excluding hydrogens is 176 g/mol. The molecule has 1 saturated carbocycles. The lowest BCUT2D eigenvalue weighted by Crippen LogP contribution is -2.49. The van der Waals surface area contributed by atoms with E-state index in [1.165, 1.54) is 6.42 Å². The topological polar surface area (TPSA) is 40.5 Å². The van der Waals surface area contributed by atoms with Crippen molar-refractivity contribution in [3.05, 3.63) is 0 Å². The molecule has 14 heavy (non-hydrogen) atoms. The van der Waals surface area contributed by atoms with Crippen LogP contribution < -0.4 is 0 Å². The van der Waals surface area contributed by atoms with Crippen molar-refractivity contribution in [2.45, 2.75) is 58.5 Å². The van der Waals surface area contributed by atoms with Crippen LogP contribution in [-0.2, 0) is 0 Å². The SMILES string of the molecule is CCC1CCC(O)(C(C)(C)CO)CC1. The molecule has 0 bridgehead atoms. The molecule has 0 radical (unpaired) electrons. The smallest absolute Gasteiger partial charge is 0.0720 e. The van der Waals surface area contributed by atoms with Gasteiger partial charge in [-0.15, -0.1) is 0 Å². The van der Waals surface area contributed by atoms with E-state index in [0.29, 0.717) is 0 Å². The standard InChI is InChI=1S/C12H24O2/c1-4-10-5-7-12(14,8-6-10)11(2,3)9-13/h10,13-14H,4-9H2,1-3H3. The highest BCUT2D eigenvalue weighted by Crippen LogP contribution is 2.44. The second kappa shape index (κ2) is 4.19. The Balaban J connectivity index is 2.61. The first-order chi connectivity index (χ1) is 6.45. The van der Waals surface area contributed by atoms with Crippen LogP contribution in [0.1, 0.15) is 52.9 Å². The van der Waals surface area contributed by atoms with E-state index in [4.69, 9.17) is 0 Å². The van der Waals surface area contributed by atoms with Gasteiger partial charge in [-0.05, 0) is 31.6 Å². The summed E-state index contributed by atoms with van der Waals surface area (Å²) in [4.78, 5) is 0. The lowest BCUT2D eigenvalue weighted by molar-refractivity contribution is -0.119. The van der Waals surface area contributed by atoms with Crippen molar-refractivity contribution in [1.82, 2.24) is 0 Å². The summed E-state index contributed by atoms with van der Waals surface area (Å²) in [5.41, 5.74) is -1.00. The molecular formula is C12H24O2. The summed E-state index contributed by atoms with van der Waals surface area (Å²) in [6, 6.07) is 0. The van der Waals surface area contributed by atoms with E-state index in [-0.39, 0.29) is 12.0 Å². The van der Waals surface area contributed by atoms with E-state index >= 15 is 0 Å². The molecule has 0 atom stereocenters. The van der Waals surface area contributed by atoms with Crippen molar-refractivity contribution in [2.24, 2.45) is 11.3 Å².